The van der Waals surface area contributed by atoms with Gasteiger partial charge >= 0.3 is 5.97 Å². The maximum atomic E-state index is 10.3. The lowest BCUT2D eigenvalue weighted by atomic mass is 10.1. The molecule has 0 aromatic carbocycles. The Kier molecular flexibility index (Phi) is 14.5. The first kappa shape index (κ1) is 19.9. The number of carboxylic acid groups (broad SMARTS) is 1. The Morgan fingerprint density at radius 3 is 2.00 bits per heavy atom. The van der Waals surface area contributed by atoms with Crippen LogP contribution in [-0.2, 0) is 4.79 Å². The molecule has 0 aliphatic heterocycles. The van der Waals surface area contributed by atoms with Crippen molar-refractivity contribution in [2.75, 3.05) is 0 Å². The molecule has 0 aliphatic rings. The summed E-state index contributed by atoms with van der Waals surface area (Å²) in [6.45, 7) is 2.19. The number of unbranched alkanes of at least 4 members (excludes halogenated alkanes) is 8. The molecule has 0 spiro atoms. The Morgan fingerprint density at radius 1 is 0.905 bits per heavy atom. The first-order chi connectivity index (χ1) is 10.2. The highest BCUT2D eigenvalue weighted by molar-refractivity contribution is 5.66. The van der Waals surface area contributed by atoms with Crippen molar-refractivity contribution < 1.29 is 15.0 Å². The van der Waals surface area contributed by atoms with E-state index >= 15 is 0 Å². The summed E-state index contributed by atoms with van der Waals surface area (Å²) in [5, 5.41) is 18.2. The monoisotopic (exact) mass is 296 g/mol. The summed E-state index contributed by atoms with van der Waals surface area (Å²) in [5.41, 5.74) is 0. The fraction of sp³-hybridized carbons (Fsp3) is 0.722. The molecular weight excluding hydrogens is 264 g/mol. The topological polar surface area (TPSA) is 57.5 Å². The number of carboxylic acids is 1. The number of hydrogen-bond donors (Lipinski definition) is 2. The summed E-state index contributed by atoms with van der Waals surface area (Å²) in [5.74, 6) is -0.699. The van der Waals surface area contributed by atoms with E-state index in [9.17, 15) is 9.90 Å². The largest absolute Gasteiger partial charge is 0.481 e. The van der Waals surface area contributed by atoms with E-state index in [4.69, 9.17) is 5.11 Å². The fourth-order valence-electron chi connectivity index (χ4n) is 2.12. The Hall–Kier alpha value is -1.09. The average molecular weight is 296 g/mol. The number of hydrogen-bond acceptors (Lipinski definition) is 2. The Bertz CT molecular complexity index is 295. The van der Waals surface area contributed by atoms with Crippen LogP contribution < -0.4 is 0 Å². The normalized spacial score (nSPS) is 13.2. The van der Waals surface area contributed by atoms with Crippen LogP contribution in [0.3, 0.4) is 0 Å². The maximum Gasteiger partial charge on any atom is 0.303 e. The van der Waals surface area contributed by atoms with E-state index in [-0.39, 0.29) is 6.42 Å². The smallest absolute Gasteiger partial charge is 0.303 e. The number of carbonyl (C=O) groups is 1. The second-order valence-electron chi connectivity index (χ2n) is 5.54. The molecule has 0 aromatic rings. The van der Waals surface area contributed by atoms with Crippen LogP contribution in [-0.4, -0.2) is 22.3 Å². The van der Waals surface area contributed by atoms with Gasteiger partial charge in [-0.2, -0.15) is 0 Å². The Morgan fingerprint density at radius 2 is 1.43 bits per heavy atom. The van der Waals surface area contributed by atoms with Gasteiger partial charge in [0, 0.05) is 6.42 Å². The molecule has 3 nitrogen and oxygen atoms in total. The van der Waals surface area contributed by atoms with Gasteiger partial charge < -0.3 is 10.2 Å². The molecule has 21 heavy (non-hydrogen) atoms. The molecule has 0 saturated carbocycles. The van der Waals surface area contributed by atoms with Crippen LogP contribution >= 0.6 is 0 Å². The third-order valence-corrected chi connectivity index (χ3v) is 3.40. The van der Waals surface area contributed by atoms with Crippen molar-refractivity contribution in [2.24, 2.45) is 0 Å². The summed E-state index contributed by atoms with van der Waals surface area (Å²) in [7, 11) is 0. The van der Waals surface area contributed by atoms with E-state index < -0.39 is 12.1 Å². The van der Waals surface area contributed by atoms with Gasteiger partial charge in [-0.05, 0) is 32.1 Å². The van der Waals surface area contributed by atoms with Gasteiger partial charge in [-0.25, -0.2) is 0 Å². The molecular formula is C18H32O3. The number of allylic oxidation sites excluding steroid dienone is 2. The number of aliphatic carboxylic acids is 1. The van der Waals surface area contributed by atoms with Gasteiger partial charge in [0.1, 0.15) is 0 Å². The molecule has 0 bridgehead atoms. The molecule has 2 N–H and O–H groups in total. The fourth-order valence-corrected chi connectivity index (χ4v) is 2.12. The summed E-state index contributed by atoms with van der Waals surface area (Å²) in [4.78, 5) is 10.3. The molecule has 3 heteroatoms. The van der Waals surface area contributed by atoms with Crippen molar-refractivity contribution in [3.8, 4) is 0 Å². The SMILES string of the molecule is CCCCC/C=C\[C@H](O)/C=C\CCCCCCCC(=O)O. The average Bonchev–Trinajstić information content (AvgIpc) is 2.45. The molecule has 0 aromatic heterocycles. The summed E-state index contributed by atoms with van der Waals surface area (Å²) in [6.07, 6.45) is 18.5. The Balaban J connectivity index is 3.39. The summed E-state index contributed by atoms with van der Waals surface area (Å²) in [6, 6.07) is 0. The number of aliphatic hydroxyl groups excluding tert-OH is 1. The quantitative estimate of drug-likeness (QED) is 0.355. The van der Waals surface area contributed by atoms with E-state index in [1.54, 1.807) is 0 Å². The van der Waals surface area contributed by atoms with Crippen LogP contribution in [0.2, 0.25) is 0 Å². The molecule has 0 aliphatic carbocycles. The summed E-state index contributed by atoms with van der Waals surface area (Å²) < 4.78 is 0. The predicted molar refractivity (Wildman–Crippen MR) is 88.4 cm³/mol. The zero-order valence-electron chi connectivity index (χ0n) is 13.5. The van der Waals surface area contributed by atoms with Gasteiger partial charge in [0.25, 0.3) is 0 Å². The standard InChI is InChI=1S/C18H32O3/c1-2-3-4-8-11-14-17(19)15-12-9-6-5-7-10-13-16-18(20)21/h11-12,14-15,17,19H,2-10,13,16H2,1H3,(H,20,21)/b14-11-,15-12-/t17-/m0/s1. The van der Waals surface area contributed by atoms with Crippen LogP contribution in [0.25, 0.3) is 0 Å². The van der Waals surface area contributed by atoms with Crippen molar-refractivity contribution in [1.82, 2.24) is 0 Å². The van der Waals surface area contributed by atoms with Gasteiger partial charge in [-0.3, -0.25) is 4.79 Å². The van der Waals surface area contributed by atoms with Crippen molar-refractivity contribution >= 4 is 5.97 Å². The van der Waals surface area contributed by atoms with Gasteiger partial charge in [-0.15, -0.1) is 0 Å². The molecule has 1 atom stereocenters. The molecule has 0 rings (SSSR count). The lowest BCUT2D eigenvalue weighted by Crippen LogP contribution is -1.95. The van der Waals surface area contributed by atoms with Crippen molar-refractivity contribution in [3.05, 3.63) is 24.3 Å². The Labute approximate surface area is 129 Å². The van der Waals surface area contributed by atoms with Crippen LogP contribution in [0.15, 0.2) is 24.3 Å². The van der Waals surface area contributed by atoms with E-state index in [2.05, 4.69) is 13.0 Å². The lowest BCUT2D eigenvalue weighted by molar-refractivity contribution is -0.137. The number of rotatable bonds is 14. The predicted octanol–water partition coefficient (Wildman–Crippen LogP) is 4.86. The zero-order valence-corrected chi connectivity index (χ0v) is 13.5. The molecule has 0 fully saturated rings. The highest BCUT2D eigenvalue weighted by Crippen LogP contribution is 2.08. The second kappa shape index (κ2) is 15.3. The van der Waals surface area contributed by atoms with Crippen LogP contribution in [0.5, 0.6) is 0 Å². The van der Waals surface area contributed by atoms with Crippen LogP contribution in [0.1, 0.15) is 77.6 Å². The molecule has 0 unspecified atom stereocenters. The van der Waals surface area contributed by atoms with Gasteiger partial charge in [0.15, 0.2) is 0 Å². The third kappa shape index (κ3) is 16.9. The minimum absolute atomic E-state index is 0.288. The minimum atomic E-state index is -0.699. The van der Waals surface area contributed by atoms with Gasteiger partial charge in [0.05, 0.1) is 6.10 Å². The lowest BCUT2D eigenvalue weighted by Gasteiger charge is -2.00. The minimum Gasteiger partial charge on any atom is -0.481 e. The molecule has 122 valence electrons. The van der Waals surface area contributed by atoms with E-state index in [1.807, 2.05) is 18.2 Å². The van der Waals surface area contributed by atoms with Crippen LogP contribution in [0.4, 0.5) is 0 Å². The van der Waals surface area contributed by atoms with Crippen LogP contribution in [0, 0.1) is 0 Å². The molecule has 0 saturated heterocycles. The van der Waals surface area contributed by atoms with E-state index in [1.165, 1.54) is 19.3 Å². The molecule has 0 heterocycles. The first-order valence-electron chi connectivity index (χ1n) is 8.40. The first-order valence-corrected chi connectivity index (χ1v) is 8.40. The highest BCUT2D eigenvalue weighted by atomic mass is 16.4. The zero-order chi connectivity index (χ0) is 15.8. The van der Waals surface area contributed by atoms with Crippen molar-refractivity contribution in [1.29, 1.82) is 0 Å². The molecule has 0 amide bonds. The maximum absolute atomic E-state index is 10.3. The molecule has 0 radical (unpaired) electrons. The highest BCUT2D eigenvalue weighted by Gasteiger charge is 1.96. The van der Waals surface area contributed by atoms with E-state index in [0.29, 0.717) is 0 Å². The third-order valence-electron chi connectivity index (χ3n) is 3.40. The van der Waals surface area contributed by atoms with Crippen molar-refractivity contribution in [3.63, 3.8) is 0 Å². The number of aliphatic hydroxyl groups is 1. The van der Waals surface area contributed by atoms with Gasteiger partial charge in [0.2, 0.25) is 0 Å². The second-order valence-corrected chi connectivity index (χ2v) is 5.54. The van der Waals surface area contributed by atoms with Gasteiger partial charge in [-0.1, -0.05) is 63.3 Å². The van der Waals surface area contributed by atoms with Crippen molar-refractivity contribution in [2.45, 2.75) is 83.7 Å². The van der Waals surface area contributed by atoms with E-state index in [0.717, 1.165) is 44.9 Å². The summed E-state index contributed by atoms with van der Waals surface area (Å²) >= 11 is 0.